The highest BCUT2D eigenvalue weighted by Gasteiger charge is 2.24. The molecule has 1 saturated carbocycles. The van der Waals surface area contributed by atoms with Crippen LogP contribution in [0.1, 0.15) is 24.8 Å². The van der Waals surface area contributed by atoms with Gasteiger partial charge in [0.1, 0.15) is 12.4 Å². The Balaban J connectivity index is 1.68. The second kappa shape index (κ2) is 6.19. The van der Waals surface area contributed by atoms with Gasteiger partial charge in [0.2, 0.25) is 0 Å². The molecule has 0 radical (unpaired) electrons. The molecule has 0 aliphatic heterocycles. The van der Waals surface area contributed by atoms with Crippen molar-refractivity contribution < 1.29 is 14.3 Å². The molecule has 4 heteroatoms. The smallest absolute Gasteiger partial charge is 0.407 e. The molecule has 1 fully saturated rings. The Morgan fingerprint density at radius 3 is 2.78 bits per heavy atom. The van der Waals surface area contributed by atoms with Crippen LogP contribution in [0.2, 0.25) is 0 Å². The van der Waals surface area contributed by atoms with Gasteiger partial charge in [-0.2, -0.15) is 0 Å². The summed E-state index contributed by atoms with van der Waals surface area (Å²) in [5, 5.41) is 2.64. The maximum Gasteiger partial charge on any atom is 0.407 e. The van der Waals surface area contributed by atoms with Crippen LogP contribution in [0, 0.1) is 5.92 Å². The van der Waals surface area contributed by atoms with Crippen LogP contribution in [0.5, 0.6) is 0 Å². The van der Waals surface area contributed by atoms with Gasteiger partial charge in [-0.3, -0.25) is 4.79 Å². The van der Waals surface area contributed by atoms with Gasteiger partial charge < -0.3 is 10.1 Å². The van der Waals surface area contributed by atoms with E-state index in [0.717, 1.165) is 18.4 Å². The second-order valence-corrected chi connectivity index (χ2v) is 4.50. The van der Waals surface area contributed by atoms with Gasteiger partial charge in [-0.05, 0) is 18.4 Å². The number of ketones is 1. The third-order valence-corrected chi connectivity index (χ3v) is 3.14. The van der Waals surface area contributed by atoms with E-state index in [4.69, 9.17) is 4.74 Å². The molecule has 18 heavy (non-hydrogen) atoms. The molecule has 1 atom stereocenters. The van der Waals surface area contributed by atoms with Crippen molar-refractivity contribution in [1.82, 2.24) is 5.32 Å². The minimum Gasteiger partial charge on any atom is -0.445 e. The van der Waals surface area contributed by atoms with E-state index in [1.54, 1.807) is 0 Å². The molecule has 1 aromatic carbocycles. The van der Waals surface area contributed by atoms with E-state index in [-0.39, 0.29) is 18.3 Å². The summed E-state index contributed by atoms with van der Waals surface area (Å²) in [7, 11) is 0. The standard InChI is InChI=1S/C14H17NO3/c16-13-8-4-7-12(13)9-15-14(17)18-10-11-5-2-1-3-6-11/h1-3,5-6,12H,4,7-10H2,(H,15,17). The van der Waals surface area contributed by atoms with Crippen LogP contribution in [0.15, 0.2) is 30.3 Å². The van der Waals surface area contributed by atoms with Crippen molar-refractivity contribution >= 4 is 11.9 Å². The highest BCUT2D eigenvalue weighted by Crippen LogP contribution is 2.20. The average Bonchev–Trinajstić information content (AvgIpc) is 2.81. The lowest BCUT2D eigenvalue weighted by Gasteiger charge is -2.10. The van der Waals surface area contributed by atoms with Gasteiger partial charge in [0, 0.05) is 18.9 Å². The number of hydrogen-bond acceptors (Lipinski definition) is 3. The van der Waals surface area contributed by atoms with E-state index in [9.17, 15) is 9.59 Å². The Kier molecular flexibility index (Phi) is 4.34. The molecule has 1 amide bonds. The molecule has 4 nitrogen and oxygen atoms in total. The van der Waals surface area contributed by atoms with E-state index in [1.165, 1.54) is 0 Å². The molecule has 2 rings (SSSR count). The predicted octanol–water partition coefficient (Wildman–Crippen LogP) is 2.28. The fraction of sp³-hybridized carbons (Fsp3) is 0.429. The number of hydrogen-bond donors (Lipinski definition) is 1. The lowest BCUT2D eigenvalue weighted by atomic mass is 10.1. The lowest BCUT2D eigenvalue weighted by molar-refractivity contribution is -0.120. The monoisotopic (exact) mass is 247 g/mol. The number of carbonyl (C=O) groups excluding carboxylic acids is 2. The van der Waals surface area contributed by atoms with Crippen molar-refractivity contribution in [2.75, 3.05) is 6.54 Å². The lowest BCUT2D eigenvalue weighted by Crippen LogP contribution is -2.31. The van der Waals surface area contributed by atoms with Crippen molar-refractivity contribution in [1.29, 1.82) is 0 Å². The third-order valence-electron chi connectivity index (χ3n) is 3.14. The van der Waals surface area contributed by atoms with Crippen LogP contribution in [-0.4, -0.2) is 18.4 Å². The molecule has 1 N–H and O–H groups in total. The van der Waals surface area contributed by atoms with Crippen molar-refractivity contribution in [2.45, 2.75) is 25.9 Å². The molecule has 1 aliphatic carbocycles. The summed E-state index contributed by atoms with van der Waals surface area (Å²) in [6, 6.07) is 9.50. The topological polar surface area (TPSA) is 55.4 Å². The van der Waals surface area contributed by atoms with Gasteiger partial charge in [0.05, 0.1) is 0 Å². The first-order chi connectivity index (χ1) is 8.75. The number of amides is 1. The highest BCUT2D eigenvalue weighted by atomic mass is 16.5. The molecule has 0 spiro atoms. The Hall–Kier alpha value is -1.84. The minimum absolute atomic E-state index is 0.0192. The molecule has 1 unspecified atom stereocenters. The van der Waals surface area contributed by atoms with Gasteiger partial charge in [0.25, 0.3) is 0 Å². The molecular weight excluding hydrogens is 230 g/mol. The molecule has 1 aliphatic rings. The summed E-state index contributed by atoms with van der Waals surface area (Å²) in [5.74, 6) is 0.229. The van der Waals surface area contributed by atoms with Crippen molar-refractivity contribution in [3.8, 4) is 0 Å². The molecule has 0 bridgehead atoms. The first-order valence-corrected chi connectivity index (χ1v) is 6.23. The SMILES string of the molecule is O=C(NCC1CCCC1=O)OCc1ccccc1. The number of nitrogens with one attached hydrogen (secondary N) is 1. The molecule has 96 valence electrons. The first-order valence-electron chi connectivity index (χ1n) is 6.23. The summed E-state index contributed by atoms with van der Waals surface area (Å²) in [6.07, 6.45) is 1.99. The van der Waals surface area contributed by atoms with Gasteiger partial charge >= 0.3 is 6.09 Å². The maximum atomic E-state index is 11.4. The minimum atomic E-state index is -0.460. The summed E-state index contributed by atoms with van der Waals surface area (Å²) in [4.78, 5) is 22.8. The zero-order valence-electron chi connectivity index (χ0n) is 10.2. The van der Waals surface area contributed by atoms with Crippen LogP contribution >= 0.6 is 0 Å². The number of rotatable bonds is 4. The second-order valence-electron chi connectivity index (χ2n) is 4.50. The van der Waals surface area contributed by atoms with E-state index < -0.39 is 6.09 Å². The number of Topliss-reactive ketones (excluding diaryl/α,β-unsaturated/α-hetero) is 1. The number of benzene rings is 1. The average molecular weight is 247 g/mol. The van der Waals surface area contributed by atoms with E-state index in [2.05, 4.69) is 5.32 Å². The summed E-state index contributed by atoms with van der Waals surface area (Å²) < 4.78 is 5.06. The highest BCUT2D eigenvalue weighted by molar-refractivity contribution is 5.83. The van der Waals surface area contributed by atoms with Crippen LogP contribution in [-0.2, 0) is 16.1 Å². The number of ether oxygens (including phenoxy) is 1. The largest absolute Gasteiger partial charge is 0.445 e. The van der Waals surface area contributed by atoms with Gasteiger partial charge in [-0.15, -0.1) is 0 Å². The van der Waals surface area contributed by atoms with Crippen molar-refractivity contribution in [2.24, 2.45) is 5.92 Å². The number of alkyl carbamates (subject to hydrolysis) is 1. The maximum absolute atomic E-state index is 11.4. The third kappa shape index (κ3) is 3.58. The fourth-order valence-electron chi connectivity index (χ4n) is 2.08. The van der Waals surface area contributed by atoms with E-state index >= 15 is 0 Å². The van der Waals surface area contributed by atoms with Gasteiger partial charge in [-0.1, -0.05) is 30.3 Å². The normalized spacial score (nSPS) is 18.7. The van der Waals surface area contributed by atoms with Gasteiger partial charge in [0.15, 0.2) is 0 Å². The Bertz CT molecular complexity index is 416. The molecule has 0 aromatic heterocycles. The van der Waals surface area contributed by atoms with E-state index in [1.807, 2.05) is 30.3 Å². The van der Waals surface area contributed by atoms with Crippen molar-refractivity contribution in [3.63, 3.8) is 0 Å². The van der Waals surface area contributed by atoms with Crippen LogP contribution in [0.4, 0.5) is 4.79 Å². The molecular formula is C14H17NO3. The Labute approximate surface area is 106 Å². The predicted molar refractivity (Wildman–Crippen MR) is 67.0 cm³/mol. The Morgan fingerprint density at radius 1 is 1.33 bits per heavy atom. The Morgan fingerprint density at radius 2 is 2.11 bits per heavy atom. The number of carbonyl (C=O) groups is 2. The summed E-state index contributed by atoms with van der Waals surface area (Å²) in [6.45, 7) is 0.651. The first kappa shape index (κ1) is 12.6. The zero-order valence-corrected chi connectivity index (χ0v) is 10.2. The van der Waals surface area contributed by atoms with Crippen LogP contribution in [0.3, 0.4) is 0 Å². The van der Waals surface area contributed by atoms with Crippen molar-refractivity contribution in [3.05, 3.63) is 35.9 Å². The van der Waals surface area contributed by atoms with E-state index in [0.29, 0.717) is 13.0 Å². The molecule has 0 heterocycles. The van der Waals surface area contributed by atoms with Crippen LogP contribution in [0.25, 0.3) is 0 Å². The van der Waals surface area contributed by atoms with Crippen LogP contribution < -0.4 is 5.32 Å². The van der Waals surface area contributed by atoms with Gasteiger partial charge in [-0.25, -0.2) is 4.79 Å². The summed E-state index contributed by atoms with van der Waals surface area (Å²) in [5.41, 5.74) is 0.949. The zero-order chi connectivity index (χ0) is 12.8. The molecule has 0 saturated heterocycles. The summed E-state index contributed by atoms with van der Waals surface area (Å²) >= 11 is 0. The molecule has 1 aromatic rings. The fourth-order valence-corrected chi connectivity index (χ4v) is 2.08. The quantitative estimate of drug-likeness (QED) is 0.888.